The highest BCUT2D eigenvalue weighted by Gasteiger charge is 2.52. The number of carboxylic acid groups (broad SMARTS) is 1. The maximum absolute atomic E-state index is 15.3. The smallest absolute Gasteiger partial charge is 0.355 e. The first-order valence-electron chi connectivity index (χ1n) is 25.2. The van der Waals surface area contributed by atoms with Gasteiger partial charge in [-0.05, 0) is 67.7 Å². The van der Waals surface area contributed by atoms with Crippen LogP contribution in [-0.4, -0.2) is 144 Å². The Labute approximate surface area is 431 Å². The highest BCUT2D eigenvalue weighted by atomic mass is 19.1. The molecule has 1 saturated heterocycles. The summed E-state index contributed by atoms with van der Waals surface area (Å²) in [7, 11) is 0. The van der Waals surface area contributed by atoms with Crippen molar-refractivity contribution in [1.82, 2.24) is 35.7 Å². The number of halogens is 1. The molecule has 0 spiro atoms. The predicted molar refractivity (Wildman–Crippen MR) is 263 cm³/mol. The van der Waals surface area contributed by atoms with Crippen LogP contribution in [0.2, 0.25) is 0 Å². The Kier molecular flexibility index (Phi) is 18.0. The molecule has 1 aliphatic carbocycles. The van der Waals surface area contributed by atoms with Gasteiger partial charge in [0, 0.05) is 55.1 Å². The minimum atomic E-state index is -2.15. The highest BCUT2D eigenvalue weighted by Crippen LogP contribution is 2.46. The van der Waals surface area contributed by atoms with Crippen LogP contribution < -0.4 is 32.6 Å². The normalized spacial score (nSPS) is 19.1. The molecular formula is C51H65FN8O15. The number of fused-ring (bicyclic) bond motifs is 5. The number of nitrogens with two attached hydrogens (primary N) is 1. The fourth-order valence-corrected chi connectivity index (χ4v) is 10.1. The van der Waals surface area contributed by atoms with E-state index in [1.165, 1.54) is 17.6 Å². The molecule has 3 aliphatic heterocycles. The molecule has 75 heavy (non-hydrogen) atoms. The summed E-state index contributed by atoms with van der Waals surface area (Å²) in [6.07, 6.45) is 0.418. The largest absolute Gasteiger partial charge is 0.481 e. The van der Waals surface area contributed by atoms with E-state index in [-0.39, 0.29) is 108 Å². The number of aromatic nitrogens is 2. The molecule has 7 rings (SSSR count). The first-order valence-corrected chi connectivity index (χ1v) is 25.2. The third-order valence-corrected chi connectivity index (χ3v) is 14.0. The minimum absolute atomic E-state index is 0.0444. The average Bonchev–Trinajstić information content (AvgIpc) is 4.01. The zero-order chi connectivity index (χ0) is 54.3. The third kappa shape index (κ3) is 12.1. The van der Waals surface area contributed by atoms with Gasteiger partial charge < -0.3 is 65.3 Å². The number of hydrogen-bond acceptors (Lipinski definition) is 16. The number of carboxylic acids is 1. The molecule has 5 amide bonds. The molecule has 0 bridgehead atoms. The summed E-state index contributed by atoms with van der Waals surface area (Å²) in [6.45, 7) is 8.65. The van der Waals surface area contributed by atoms with Crippen molar-refractivity contribution in [2.45, 2.75) is 122 Å². The monoisotopic (exact) mass is 1050 g/mol. The van der Waals surface area contributed by atoms with Crippen LogP contribution in [0.25, 0.3) is 22.3 Å². The van der Waals surface area contributed by atoms with E-state index in [1.807, 2.05) is 0 Å². The summed E-state index contributed by atoms with van der Waals surface area (Å²) in [5, 5.41) is 20.6. The van der Waals surface area contributed by atoms with Gasteiger partial charge in [-0.2, -0.15) is 0 Å². The molecule has 0 radical (unpaired) electrons. The van der Waals surface area contributed by atoms with Gasteiger partial charge in [-0.1, -0.05) is 20.8 Å². The van der Waals surface area contributed by atoms with Crippen LogP contribution in [0.1, 0.15) is 106 Å². The molecule has 2 aromatic heterocycles. The van der Waals surface area contributed by atoms with Crippen LogP contribution in [0.15, 0.2) is 16.9 Å². The molecule has 7 N–H and O–H groups in total. The molecule has 1 unspecified atom stereocenters. The van der Waals surface area contributed by atoms with E-state index in [0.29, 0.717) is 47.3 Å². The number of esters is 2. The van der Waals surface area contributed by atoms with E-state index >= 15 is 4.39 Å². The molecule has 0 saturated carbocycles. The fraction of sp³-hybridized carbons (Fsp3) is 0.569. The summed E-state index contributed by atoms with van der Waals surface area (Å²) < 4.78 is 44.7. The molecule has 3 aromatic rings. The van der Waals surface area contributed by atoms with Gasteiger partial charge in [-0.25, -0.2) is 19.0 Å². The van der Waals surface area contributed by atoms with Crippen molar-refractivity contribution < 1.29 is 71.5 Å². The summed E-state index contributed by atoms with van der Waals surface area (Å²) >= 11 is 0. The second-order valence-corrected chi connectivity index (χ2v) is 19.3. The lowest BCUT2D eigenvalue weighted by molar-refractivity contribution is -0.191. The molecule has 1 aromatic carbocycles. The van der Waals surface area contributed by atoms with Crippen LogP contribution in [-0.2, 0) is 87.2 Å². The first-order chi connectivity index (χ1) is 35.8. The second-order valence-electron chi connectivity index (χ2n) is 19.3. The Morgan fingerprint density at radius 3 is 2.33 bits per heavy atom. The molecule has 5 atom stereocenters. The van der Waals surface area contributed by atoms with Crippen molar-refractivity contribution in [2.24, 2.45) is 11.7 Å². The molecule has 4 aliphatic rings. The standard InChI is InChI=1S/C51H65FN8O15/c1-6-51(32-20-38-45-30(24-60(38)47(67)31(32)25-74-50(51)70)42-34(53)10-9-29-27(4)33(52)21-35(57-45)43(29)42)75-49(69)44(26(2)3)58-46(66)37-8-7-13-59(37)48(68)36(22-41(64)65)56-39(62)11-14-71-16-18-73-19-17-72-15-12-54-40(63)23-55-28(5)61/h20-21,26,34,36-37,44H,6-19,22-25,53H2,1-5H3,(H,54,63)(H,55,61)(H,56,62)(H,58,66)(H,64,65)/t34-,36-,37?,44-,51-/m0/s1. The van der Waals surface area contributed by atoms with Gasteiger partial charge in [0.15, 0.2) is 0 Å². The van der Waals surface area contributed by atoms with Gasteiger partial charge in [0.1, 0.15) is 30.5 Å². The highest BCUT2D eigenvalue weighted by molar-refractivity contribution is 5.97. The van der Waals surface area contributed by atoms with E-state index in [4.69, 9.17) is 34.4 Å². The van der Waals surface area contributed by atoms with Crippen LogP contribution in [0.4, 0.5) is 4.39 Å². The Hall–Kier alpha value is -6.89. The van der Waals surface area contributed by atoms with Crippen molar-refractivity contribution in [2.75, 3.05) is 59.3 Å². The molecular weight excluding hydrogens is 984 g/mol. The lowest BCUT2D eigenvalue weighted by atomic mass is 9.82. The number of rotatable bonds is 24. The number of ether oxygens (including phenoxy) is 5. The van der Waals surface area contributed by atoms with Gasteiger partial charge in [-0.15, -0.1) is 0 Å². The second kappa shape index (κ2) is 24.2. The van der Waals surface area contributed by atoms with E-state index in [0.717, 1.165) is 21.4 Å². The number of cyclic esters (lactones) is 1. The number of nitrogens with zero attached hydrogens (tertiary/aromatic N) is 3. The SMILES string of the molecule is CC[C@@]1(OC(=O)[C@@H](NC(=O)C2CCCN2C(=O)[C@H](CC(=O)O)NC(=O)CCOCCOCCOCCNC(=O)CNC(C)=O)C(C)C)C(=O)OCc2c1cc1n(c2=O)Cc2c-1nc1cc(F)c(C)c3c1c2[C@@H](N)CC3. The zero-order valence-electron chi connectivity index (χ0n) is 42.7. The summed E-state index contributed by atoms with van der Waals surface area (Å²) in [6, 6.07) is -1.58. The zero-order valence-corrected chi connectivity index (χ0v) is 42.7. The van der Waals surface area contributed by atoms with Crippen LogP contribution in [0.3, 0.4) is 0 Å². The van der Waals surface area contributed by atoms with E-state index in [2.05, 4.69) is 21.3 Å². The van der Waals surface area contributed by atoms with Crippen LogP contribution >= 0.6 is 0 Å². The molecule has 23 nitrogen and oxygen atoms in total. The number of aliphatic carboxylic acids is 1. The third-order valence-electron chi connectivity index (χ3n) is 14.0. The number of carbonyl (C=O) groups is 8. The van der Waals surface area contributed by atoms with Crippen molar-refractivity contribution in [3.63, 3.8) is 0 Å². The van der Waals surface area contributed by atoms with Crippen molar-refractivity contribution >= 4 is 58.3 Å². The van der Waals surface area contributed by atoms with Crippen LogP contribution in [0.5, 0.6) is 0 Å². The molecule has 1 fully saturated rings. The van der Waals surface area contributed by atoms with Crippen molar-refractivity contribution in [1.29, 1.82) is 0 Å². The number of carbonyl (C=O) groups excluding carboxylic acids is 7. The number of aryl methyl sites for hydroxylation is 1. The molecule has 406 valence electrons. The number of nitrogens with one attached hydrogen (secondary N) is 4. The molecule has 5 heterocycles. The van der Waals surface area contributed by atoms with Crippen molar-refractivity contribution in [3.8, 4) is 11.4 Å². The Balaban J connectivity index is 0.967. The number of pyridine rings is 2. The van der Waals surface area contributed by atoms with E-state index in [9.17, 15) is 48.3 Å². The summed E-state index contributed by atoms with van der Waals surface area (Å²) in [4.78, 5) is 124. The van der Waals surface area contributed by atoms with Gasteiger partial charge >= 0.3 is 17.9 Å². The maximum Gasteiger partial charge on any atom is 0.355 e. The van der Waals surface area contributed by atoms with Gasteiger partial charge in [0.05, 0.1) is 81.6 Å². The first kappa shape index (κ1) is 55.9. The maximum atomic E-state index is 15.3. The Morgan fingerprint density at radius 1 is 0.947 bits per heavy atom. The lowest BCUT2D eigenvalue weighted by Gasteiger charge is -2.37. The Morgan fingerprint density at radius 2 is 1.65 bits per heavy atom. The van der Waals surface area contributed by atoms with E-state index < -0.39 is 95.7 Å². The lowest BCUT2D eigenvalue weighted by Crippen LogP contribution is -2.57. The van der Waals surface area contributed by atoms with Gasteiger partial charge in [-0.3, -0.25) is 33.6 Å². The van der Waals surface area contributed by atoms with Crippen LogP contribution in [0, 0.1) is 18.7 Å². The average molecular weight is 1050 g/mol. The Bertz CT molecular complexity index is 2820. The topological polar surface area (TPSA) is 315 Å². The summed E-state index contributed by atoms with van der Waals surface area (Å²) in [5.41, 5.74) is 8.13. The predicted octanol–water partition coefficient (Wildman–Crippen LogP) is 0.808. The quantitative estimate of drug-likeness (QED) is 0.0418. The number of benzene rings is 1. The minimum Gasteiger partial charge on any atom is -0.481 e. The van der Waals surface area contributed by atoms with Gasteiger partial charge in [0.25, 0.3) is 5.56 Å². The number of hydrogen-bond donors (Lipinski definition) is 6. The molecule has 24 heteroatoms. The van der Waals surface area contributed by atoms with E-state index in [1.54, 1.807) is 33.8 Å². The summed E-state index contributed by atoms with van der Waals surface area (Å²) in [5.74, 6) is -7.34. The van der Waals surface area contributed by atoms with Gasteiger partial charge in [0.2, 0.25) is 35.1 Å². The van der Waals surface area contributed by atoms with Crippen molar-refractivity contribution in [3.05, 3.63) is 61.7 Å². The number of amides is 5. The fourth-order valence-electron chi connectivity index (χ4n) is 10.1. The number of likely N-dealkylation sites (tertiary alicyclic amines) is 1.